The third-order valence-electron chi connectivity index (χ3n) is 3.51. The lowest BCUT2D eigenvalue weighted by Gasteiger charge is -2.18. The summed E-state index contributed by atoms with van der Waals surface area (Å²) in [5.74, 6) is -1.07. The van der Waals surface area contributed by atoms with Gasteiger partial charge in [-0.1, -0.05) is 42.5 Å². The second-order valence-electron chi connectivity index (χ2n) is 5.45. The number of carboxylic acid groups (broad SMARTS) is 1. The molecule has 5 nitrogen and oxygen atoms in total. The van der Waals surface area contributed by atoms with E-state index >= 15 is 0 Å². The normalized spacial score (nSPS) is 12.8. The number of hydrogen-bond acceptors (Lipinski definition) is 3. The predicted molar refractivity (Wildman–Crippen MR) is 87.7 cm³/mol. The van der Waals surface area contributed by atoms with Gasteiger partial charge < -0.3 is 5.11 Å². The third-order valence-corrected chi connectivity index (χ3v) is 5.12. The number of carbonyl (C=O) groups is 1. The maximum Gasteiger partial charge on any atom is 0.305 e. The van der Waals surface area contributed by atoms with E-state index in [4.69, 9.17) is 5.11 Å². The van der Waals surface area contributed by atoms with Crippen molar-refractivity contribution in [1.29, 1.82) is 0 Å². The van der Waals surface area contributed by atoms with Crippen molar-refractivity contribution in [3.05, 3.63) is 65.2 Å². The topological polar surface area (TPSA) is 83.5 Å². The summed E-state index contributed by atoms with van der Waals surface area (Å²) < 4.78 is 27.8. The molecule has 1 atom stereocenters. The van der Waals surface area contributed by atoms with E-state index in [2.05, 4.69) is 4.72 Å². The van der Waals surface area contributed by atoms with E-state index in [1.165, 1.54) is 0 Å². The number of aryl methyl sites for hydroxylation is 2. The highest BCUT2D eigenvalue weighted by Crippen LogP contribution is 2.22. The summed E-state index contributed by atoms with van der Waals surface area (Å²) in [6.45, 7) is 3.52. The number of hydrogen-bond donors (Lipinski definition) is 2. The molecule has 23 heavy (non-hydrogen) atoms. The van der Waals surface area contributed by atoms with Gasteiger partial charge in [-0.3, -0.25) is 4.79 Å². The first-order chi connectivity index (χ1) is 10.8. The van der Waals surface area contributed by atoms with Crippen LogP contribution in [0.1, 0.15) is 29.2 Å². The maximum absolute atomic E-state index is 12.7. The Labute approximate surface area is 136 Å². The molecule has 2 N–H and O–H groups in total. The molecule has 0 spiro atoms. The van der Waals surface area contributed by atoms with Crippen LogP contribution in [-0.4, -0.2) is 19.5 Å². The Kier molecular flexibility index (Phi) is 5.18. The number of aliphatic carboxylic acids is 1. The Morgan fingerprint density at radius 3 is 2.39 bits per heavy atom. The van der Waals surface area contributed by atoms with Crippen LogP contribution in [-0.2, 0) is 14.8 Å². The molecule has 0 saturated heterocycles. The minimum absolute atomic E-state index is 0.170. The summed E-state index contributed by atoms with van der Waals surface area (Å²) in [6, 6.07) is 13.0. The summed E-state index contributed by atoms with van der Waals surface area (Å²) in [5, 5.41) is 9.08. The van der Waals surface area contributed by atoms with Crippen LogP contribution in [0.5, 0.6) is 0 Å². The van der Waals surface area contributed by atoms with Crippen LogP contribution < -0.4 is 4.72 Å². The highest BCUT2D eigenvalue weighted by atomic mass is 32.2. The smallest absolute Gasteiger partial charge is 0.305 e. The summed E-state index contributed by atoms with van der Waals surface area (Å²) in [6.07, 6.45) is -0.325. The van der Waals surface area contributed by atoms with Crippen LogP contribution in [0, 0.1) is 13.8 Å². The van der Waals surface area contributed by atoms with Gasteiger partial charge in [-0.25, -0.2) is 13.1 Å². The summed E-state index contributed by atoms with van der Waals surface area (Å²) in [4.78, 5) is 11.3. The Hall–Kier alpha value is -2.18. The third kappa shape index (κ3) is 4.40. The van der Waals surface area contributed by atoms with Gasteiger partial charge >= 0.3 is 5.97 Å². The zero-order valence-electron chi connectivity index (χ0n) is 13.0. The lowest BCUT2D eigenvalue weighted by Crippen LogP contribution is -2.30. The zero-order chi connectivity index (χ0) is 17.0. The van der Waals surface area contributed by atoms with Gasteiger partial charge in [0.1, 0.15) is 0 Å². The first-order valence-electron chi connectivity index (χ1n) is 7.16. The fraction of sp³-hybridized carbons (Fsp3) is 0.235. The van der Waals surface area contributed by atoms with Crippen LogP contribution in [0.3, 0.4) is 0 Å². The predicted octanol–water partition coefficient (Wildman–Crippen LogP) is 2.80. The monoisotopic (exact) mass is 333 g/mol. The minimum atomic E-state index is -3.82. The highest BCUT2D eigenvalue weighted by Gasteiger charge is 2.24. The largest absolute Gasteiger partial charge is 0.481 e. The van der Waals surface area contributed by atoms with Gasteiger partial charge in [-0.2, -0.15) is 0 Å². The molecule has 0 amide bonds. The van der Waals surface area contributed by atoms with Crippen LogP contribution in [0.2, 0.25) is 0 Å². The van der Waals surface area contributed by atoms with Crippen molar-refractivity contribution in [1.82, 2.24) is 4.72 Å². The van der Waals surface area contributed by atoms with Gasteiger partial charge in [0, 0.05) is 0 Å². The summed E-state index contributed by atoms with van der Waals surface area (Å²) in [7, 11) is -3.82. The summed E-state index contributed by atoms with van der Waals surface area (Å²) >= 11 is 0. The van der Waals surface area contributed by atoms with Crippen molar-refractivity contribution in [3.63, 3.8) is 0 Å². The van der Waals surface area contributed by atoms with Gasteiger partial charge in [0.25, 0.3) is 0 Å². The van der Waals surface area contributed by atoms with E-state index in [0.717, 1.165) is 5.56 Å². The van der Waals surface area contributed by atoms with Crippen molar-refractivity contribution in [2.45, 2.75) is 31.2 Å². The molecule has 0 radical (unpaired) electrons. The van der Waals surface area contributed by atoms with Crippen LogP contribution in [0.4, 0.5) is 0 Å². The van der Waals surface area contributed by atoms with Crippen LogP contribution >= 0.6 is 0 Å². The molecule has 0 bridgehead atoms. The van der Waals surface area contributed by atoms with Crippen molar-refractivity contribution >= 4 is 16.0 Å². The van der Waals surface area contributed by atoms with E-state index in [0.29, 0.717) is 11.1 Å². The van der Waals surface area contributed by atoms with Gasteiger partial charge in [0.15, 0.2) is 0 Å². The standard InChI is InChI=1S/C17H19NO4S/c1-12-8-9-13(2)16(10-12)23(21,22)18-15(11-17(19)20)14-6-4-3-5-7-14/h3-10,15,18H,11H2,1-2H3,(H,19,20). The molecular formula is C17H19NO4S. The van der Waals surface area contributed by atoms with Gasteiger partial charge in [-0.05, 0) is 36.6 Å². The van der Waals surface area contributed by atoms with Crippen molar-refractivity contribution in [3.8, 4) is 0 Å². The molecule has 2 aromatic carbocycles. The molecular weight excluding hydrogens is 314 g/mol. The lowest BCUT2D eigenvalue weighted by molar-refractivity contribution is -0.137. The van der Waals surface area contributed by atoms with E-state index in [9.17, 15) is 13.2 Å². The fourth-order valence-electron chi connectivity index (χ4n) is 2.34. The Morgan fingerprint density at radius 2 is 1.78 bits per heavy atom. The number of nitrogens with one attached hydrogen (secondary N) is 1. The molecule has 0 saturated carbocycles. The number of benzene rings is 2. The highest BCUT2D eigenvalue weighted by molar-refractivity contribution is 7.89. The van der Waals surface area contributed by atoms with E-state index in [-0.39, 0.29) is 11.3 Å². The first-order valence-corrected chi connectivity index (χ1v) is 8.64. The Morgan fingerprint density at radius 1 is 1.13 bits per heavy atom. The molecule has 0 aliphatic carbocycles. The minimum Gasteiger partial charge on any atom is -0.481 e. The fourth-order valence-corrected chi connectivity index (χ4v) is 3.89. The second kappa shape index (κ2) is 6.93. The Balaban J connectivity index is 2.38. The average Bonchev–Trinajstić information content (AvgIpc) is 2.49. The van der Waals surface area contributed by atoms with Crippen LogP contribution in [0.25, 0.3) is 0 Å². The molecule has 0 aliphatic rings. The van der Waals surface area contributed by atoms with Crippen molar-refractivity contribution in [2.24, 2.45) is 0 Å². The molecule has 0 aromatic heterocycles. The Bertz CT molecular complexity index is 801. The second-order valence-corrected chi connectivity index (χ2v) is 7.13. The van der Waals surface area contributed by atoms with Crippen LogP contribution in [0.15, 0.2) is 53.4 Å². The number of rotatable bonds is 6. The van der Waals surface area contributed by atoms with E-state index < -0.39 is 22.0 Å². The molecule has 122 valence electrons. The van der Waals surface area contributed by atoms with Gasteiger partial charge in [-0.15, -0.1) is 0 Å². The summed E-state index contributed by atoms with van der Waals surface area (Å²) in [5.41, 5.74) is 2.06. The van der Waals surface area contributed by atoms with Crippen molar-refractivity contribution in [2.75, 3.05) is 0 Å². The maximum atomic E-state index is 12.7. The molecule has 2 aromatic rings. The number of carboxylic acids is 1. The zero-order valence-corrected chi connectivity index (χ0v) is 13.8. The van der Waals surface area contributed by atoms with Gasteiger partial charge in [0.05, 0.1) is 17.4 Å². The molecule has 0 fully saturated rings. The van der Waals surface area contributed by atoms with E-state index in [1.54, 1.807) is 49.4 Å². The lowest BCUT2D eigenvalue weighted by atomic mass is 10.1. The molecule has 1 unspecified atom stereocenters. The van der Waals surface area contributed by atoms with Crippen molar-refractivity contribution < 1.29 is 18.3 Å². The molecule has 0 heterocycles. The molecule has 6 heteroatoms. The SMILES string of the molecule is Cc1ccc(C)c(S(=O)(=O)NC(CC(=O)O)c2ccccc2)c1. The quantitative estimate of drug-likeness (QED) is 0.851. The molecule has 2 rings (SSSR count). The van der Waals surface area contributed by atoms with E-state index in [1.807, 2.05) is 13.0 Å². The van der Waals surface area contributed by atoms with Gasteiger partial charge in [0.2, 0.25) is 10.0 Å². The first kappa shape index (κ1) is 17.2. The molecule has 0 aliphatic heterocycles. The number of sulfonamides is 1. The average molecular weight is 333 g/mol.